The number of nitrogens with two attached hydrogens (primary N) is 1. The van der Waals surface area contributed by atoms with Gasteiger partial charge in [-0.3, -0.25) is 0 Å². The van der Waals surface area contributed by atoms with E-state index >= 15 is 0 Å². The molecule has 1 rings (SSSR count). The summed E-state index contributed by atoms with van der Waals surface area (Å²) in [4.78, 5) is 14.1. The summed E-state index contributed by atoms with van der Waals surface area (Å²) in [5.74, 6) is 0.225. The largest absolute Gasteiger partial charge is 0.384 e. The fourth-order valence-corrected chi connectivity index (χ4v) is 0.550. The van der Waals surface area contributed by atoms with Crippen LogP contribution in [0.5, 0.6) is 0 Å². The van der Waals surface area contributed by atoms with Gasteiger partial charge in [0.1, 0.15) is 5.82 Å². The van der Waals surface area contributed by atoms with Crippen molar-refractivity contribution in [1.29, 1.82) is 0 Å². The maximum atomic E-state index is 10.7. The maximum Gasteiger partial charge on any atom is 0.361 e. The molecule has 0 unspecified atom stereocenters. The van der Waals surface area contributed by atoms with Gasteiger partial charge in [0.15, 0.2) is 0 Å². The highest BCUT2D eigenvalue weighted by molar-refractivity contribution is 5.29. The lowest BCUT2D eigenvalue weighted by atomic mass is 10.6. The molecule has 0 spiro atoms. The number of nitrogen functional groups attached to an aromatic ring is 1. The molecule has 10 heavy (non-hydrogen) atoms. The molecule has 0 atom stereocenters. The van der Waals surface area contributed by atoms with E-state index in [0.717, 1.165) is 4.57 Å². The second kappa shape index (κ2) is 2.23. The fourth-order valence-electron chi connectivity index (χ4n) is 0.550. The lowest BCUT2D eigenvalue weighted by Gasteiger charge is -1.95. The number of hydrogen-bond donors (Lipinski definition) is 1. The van der Waals surface area contributed by atoms with Crippen molar-refractivity contribution in [3.63, 3.8) is 0 Å². The first-order chi connectivity index (χ1) is 4.75. The maximum absolute atomic E-state index is 10.7. The Morgan fingerprint density at radius 1 is 1.80 bits per heavy atom. The summed E-state index contributed by atoms with van der Waals surface area (Å²) < 4.78 is 0.931. The van der Waals surface area contributed by atoms with E-state index in [9.17, 15) is 4.79 Å². The van der Waals surface area contributed by atoms with Crippen molar-refractivity contribution < 1.29 is 0 Å². The summed E-state index contributed by atoms with van der Waals surface area (Å²) in [5.41, 5.74) is 4.79. The van der Waals surface area contributed by atoms with E-state index in [0.29, 0.717) is 0 Å². The van der Waals surface area contributed by atoms with E-state index in [1.165, 1.54) is 12.3 Å². The molecule has 0 aliphatic heterocycles. The zero-order valence-corrected chi connectivity index (χ0v) is 5.11. The van der Waals surface area contributed by atoms with Crippen molar-refractivity contribution in [3.8, 4) is 12.5 Å². The summed E-state index contributed by atoms with van der Waals surface area (Å²) in [5, 5.41) is 0. The Morgan fingerprint density at radius 2 is 2.50 bits per heavy atom. The number of anilines is 1. The van der Waals surface area contributed by atoms with Crippen LogP contribution in [0.25, 0.3) is 0 Å². The summed E-state index contributed by atoms with van der Waals surface area (Å²) in [6.45, 7) is 0. The van der Waals surface area contributed by atoms with Crippen LogP contribution in [0.2, 0.25) is 0 Å². The van der Waals surface area contributed by atoms with E-state index in [2.05, 4.69) is 11.0 Å². The van der Waals surface area contributed by atoms with Gasteiger partial charge in [-0.25, -0.2) is 14.3 Å². The molecule has 1 heterocycles. The number of nitrogens with zero attached hydrogens (tertiary/aromatic N) is 2. The average molecular weight is 135 g/mol. The first kappa shape index (κ1) is 6.36. The lowest BCUT2D eigenvalue weighted by Crippen LogP contribution is -2.21. The second-order valence-corrected chi connectivity index (χ2v) is 1.62. The third kappa shape index (κ3) is 0.845. The highest BCUT2D eigenvalue weighted by Gasteiger charge is 1.94. The summed E-state index contributed by atoms with van der Waals surface area (Å²) in [6.07, 6.45) is 6.26. The topological polar surface area (TPSA) is 60.9 Å². The molecule has 2 N–H and O–H groups in total. The van der Waals surface area contributed by atoms with Crippen molar-refractivity contribution in [2.24, 2.45) is 0 Å². The van der Waals surface area contributed by atoms with Crippen LogP contribution in [-0.4, -0.2) is 9.55 Å². The molecule has 1 aromatic rings. The van der Waals surface area contributed by atoms with E-state index in [1.807, 2.05) is 0 Å². The lowest BCUT2D eigenvalue weighted by molar-refractivity contribution is 0.960. The van der Waals surface area contributed by atoms with Crippen LogP contribution in [0, 0.1) is 12.5 Å². The Kier molecular flexibility index (Phi) is 1.42. The minimum absolute atomic E-state index is 0.225. The van der Waals surface area contributed by atoms with Crippen LogP contribution >= 0.6 is 0 Å². The molecule has 0 aliphatic carbocycles. The van der Waals surface area contributed by atoms with Gasteiger partial charge in [0, 0.05) is 12.2 Å². The number of terminal acetylenes is 1. The van der Waals surface area contributed by atoms with Crippen LogP contribution in [0.3, 0.4) is 0 Å². The predicted octanol–water partition coefficient (Wildman–Crippen LogP) is -0.736. The van der Waals surface area contributed by atoms with Gasteiger partial charge in [0.25, 0.3) is 0 Å². The average Bonchev–Trinajstić information content (AvgIpc) is 1.88. The molecular weight excluding hydrogens is 130 g/mol. The summed E-state index contributed by atoms with van der Waals surface area (Å²) in [6, 6.07) is 3.54. The molecule has 4 heteroatoms. The van der Waals surface area contributed by atoms with Gasteiger partial charge in [-0.1, -0.05) is 6.42 Å². The third-order valence-corrected chi connectivity index (χ3v) is 1.01. The molecule has 0 amide bonds. The predicted molar refractivity (Wildman–Crippen MR) is 37.1 cm³/mol. The van der Waals surface area contributed by atoms with Gasteiger partial charge >= 0.3 is 5.69 Å². The molecule has 0 aliphatic rings. The first-order valence-corrected chi connectivity index (χ1v) is 2.56. The van der Waals surface area contributed by atoms with Crippen LogP contribution in [0.15, 0.2) is 17.1 Å². The number of rotatable bonds is 0. The smallest absolute Gasteiger partial charge is 0.361 e. The molecule has 50 valence electrons. The fraction of sp³-hybridized carbons (Fsp3) is 0. The van der Waals surface area contributed by atoms with Crippen LogP contribution in [0.4, 0.5) is 5.82 Å². The van der Waals surface area contributed by atoms with Crippen LogP contribution in [-0.2, 0) is 0 Å². The van der Waals surface area contributed by atoms with Gasteiger partial charge < -0.3 is 5.73 Å². The van der Waals surface area contributed by atoms with Crippen molar-refractivity contribution in [1.82, 2.24) is 9.55 Å². The number of aromatic nitrogens is 2. The Morgan fingerprint density at radius 3 is 2.90 bits per heavy atom. The Labute approximate surface area is 57.3 Å². The third-order valence-electron chi connectivity index (χ3n) is 1.01. The second-order valence-electron chi connectivity index (χ2n) is 1.62. The van der Waals surface area contributed by atoms with E-state index in [1.54, 1.807) is 0 Å². The van der Waals surface area contributed by atoms with Crippen LogP contribution in [0.1, 0.15) is 0 Å². The SMILES string of the molecule is C#Cn1c(N)ccnc1=O. The molecule has 1 aromatic heterocycles. The van der Waals surface area contributed by atoms with E-state index in [4.69, 9.17) is 12.2 Å². The van der Waals surface area contributed by atoms with Crippen molar-refractivity contribution in [3.05, 3.63) is 22.7 Å². The molecule has 0 radical (unpaired) electrons. The standard InChI is InChI=1S/C6H5N3O/c1-2-9-5(7)3-4-8-6(9)10/h1,3-4H,7H2. The molecule has 4 nitrogen and oxygen atoms in total. The molecular formula is C6H5N3O. The Hall–Kier alpha value is -1.76. The molecule has 0 fully saturated rings. The van der Waals surface area contributed by atoms with Gasteiger partial charge in [-0.15, -0.1) is 0 Å². The monoisotopic (exact) mass is 135 g/mol. The zero-order valence-electron chi connectivity index (χ0n) is 5.11. The molecule has 0 bridgehead atoms. The highest BCUT2D eigenvalue weighted by atomic mass is 16.1. The minimum Gasteiger partial charge on any atom is -0.384 e. The van der Waals surface area contributed by atoms with Gasteiger partial charge in [0.2, 0.25) is 0 Å². The first-order valence-electron chi connectivity index (χ1n) is 2.56. The van der Waals surface area contributed by atoms with Gasteiger partial charge in [-0.2, -0.15) is 0 Å². The molecule has 0 saturated heterocycles. The Bertz CT molecular complexity index is 334. The van der Waals surface area contributed by atoms with Crippen molar-refractivity contribution in [2.75, 3.05) is 5.73 Å². The summed E-state index contributed by atoms with van der Waals surface area (Å²) >= 11 is 0. The molecule has 0 saturated carbocycles. The summed E-state index contributed by atoms with van der Waals surface area (Å²) in [7, 11) is 0. The Balaban J connectivity index is 3.50. The van der Waals surface area contributed by atoms with E-state index in [-0.39, 0.29) is 5.82 Å². The molecule has 0 aromatic carbocycles. The highest BCUT2D eigenvalue weighted by Crippen LogP contribution is 1.90. The van der Waals surface area contributed by atoms with Crippen molar-refractivity contribution >= 4 is 5.82 Å². The number of hydrogen-bond acceptors (Lipinski definition) is 3. The minimum atomic E-state index is -0.525. The van der Waals surface area contributed by atoms with Gasteiger partial charge in [-0.05, 0) is 6.07 Å². The van der Waals surface area contributed by atoms with E-state index < -0.39 is 5.69 Å². The zero-order chi connectivity index (χ0) is 7.56. The van der Waals surface area contributed by atoms with Crippen LogP contribution < -0.4 is 11.4 Å². The quantitative estimate of drug-likeness (QED) is 0.477. The van der Waals surface area contributed by atoms with Crippen molar-refractivity contribution in [2.45, 2.75) is 0 Å². The normalized spacial score (nSPS) is 8.70. The van der Waals surface area contributed by atoms with Gasteiger partial charge in [0.05, 0.1) is 0 Å².